The van der Waals surface area contributed by atoms with Crippen LogP contribution in [0.1, 0.15) is 13.3 Å². The highest BCUT2D eigenvalue weighted by Crippen LogP contribution is 2.37. The fourth-order valence-electron chi connectivity index (χ4n) is 4.45. The van der Waals surface area contributed by atoms with Crippen molar-refractivity contribution < 1.29 is 36.7 Å². The maximum atomic E-state index is 14.0. The third kappa shape index (κ3) is 5.57. The van der Waals surface area contributed by atoms with E-state index < -0.39 is 41.7 Å². The van der Waals surface area contributed by atoms with Gasteiger partial charge in [0.15, 0.2) is 11.7 Å². The normalized spacial score (nSPS) is 23.3. The largest absolute Gasteiger partial charge is 0.406 e. The molecule has 1 fully saturated rings. The number of hydrogen-bond acceptors (Lipinski definition) is 8. The molecule has 0 aliphatic carbocycles. The molecule has 11 nitrogen and oxygen atoms in total. The summed E-state index contributed by atoms with van der Waals surface area (Å²) in [4.78, 5) is 49.6. The van der Waals surface area contributed by atoms with Gasteiger partial charge in [0.1, 0.15) is 6.04 Å². The second-order valence-electron chi connectivity index (χ2n) is 8.99. The predicted molar refractivity (Wildman–Crippen MR) is 129 cm³/mol. The number of pyridine rings is 1. The number of nitrogens with zero attached hydrogens (tertiary/aromatic N) is 6. The van der Waals surface area contributed by atoms with E-state index in [2.05, 4.69) is 15.1 Å². The number of aliphatic imine (C=N–C) groups is 1. The van der Waals surface area contributed by atoms with Crippen LogP contribution in [0.4, 0.5) is 29.1 Å². The summed E-state index contributed by atoms with van der Waals surface area (Å²) in [5, 5.41) is 3.18. The van der Waals surface area contributed by atoms with E-state index in [4.69, 9.17) is 16.3 Å². The topological polar surface area (TPSA) is 120 Å². The number of rotatable bonds is 6. The Labute approximate surface area is 219 Å². The van der Waals surface area contributed by atoms with Crippen LogP contribution in [-0.4, -0.2) is 97.7 Å². The molecule has 0 radical (unpaired) electrons. The predicted octanol–water partition coefficient (Wildman–Crippen LogP) is 1.40. The molecule has 3 amide bonds. The lowest BCUT2D eigenvalue weighted by molar-refractivity contribution is -0.168. The number of aromatic nitrogens is 1. The molecule has 3 aliphatic heterocycles. The minimum absolute atomic E-state index is 0.0296. The molecule has 1 aromatic heterocycles. The number of likely N-dealkylation sites (N-methyl/N-ethyl adjacent to an activating group) is 1. The smallest absolute Gasteiger partial charge is 0.379 e. The number of anilines is 2. The first-order valence-electron chi connectivity index (χ1n) is 11.6. The highest BCUT2D eigenvalue weighted by atomic mass is 35.5. The van der Waals surface area contributed by atoms with Gasteiger partial charge < -0.3 is 19.4 Å². The van der Waals surface area contributed by atoms with E-state index in [-0.39, 0.29) is 61.9 Å². The monoisotopic (exact) mass is 561 g/mol. The van der Waals surface area contributed by atoms with Crippen molar-refractivity contribution in [2.75, 3.05) is 49.7 Å². The Morgan fingerprint density at radius 2 is 2.08 bits per heavy atom. The SMILES string of the molecule is C[C@@H](COCCC(=O)N1CCN2c3nc(F)c(Cl)cc3N(C)C(=O)[C@H]2C1)N=C1C=NNC(=O)C1C(F)(F)F. The number of halogens is 5. The van der Waals surface area contributed by atoms with Crippen molar-refractivity contribution in [3.63, 3.8) is 0 Å². The van der Waals surface area contributed by atoms with Crippen LogP contribution in [0.3, 0.4) is 0 Å². The van der Waals surface area contributed by atoms with Crippen LogP contribution in [0.2, 0.25) is 5.02 Å². The van der Waals surface area contributed by atoms with E-state index in [0.29, 0.717) is 5.69 Å². The minimum Gasteiger partial charge on any atom is -0.379 e. The van der Waals surface area contributed by atoms with Crippen LogP contribution < -0.4 is 15.2 Å². The van der Waals surface area contributed by atoms with Crippen LogP contribution in [0, 0.1) is 11.9 Å². The van der Waals surface area contributed by atoms with Crippen molar-refractivity contribution in [3.05, 3.63) is 17.0 Å². The molecule has 1 unspecified atom stereocenters. The lowest BCUT2D eigenvalue weighted by Gasteiger charge is -2.46. The van der Waals surface area contributed by atoms with Crippen molar-refractivity contribution in [1.29, 1.82) is 0 Å². The Morgan fingerprint density at radius 3 is 2.79 bits per heavy atom. The van der Waals surface area contributed by atoms with E-state index in [1.807, 2.05) is 0 Å². The zero-order chi connectivity index (χ0) is 27.8. The lowest BCUT2D eigenvalue weighted by atomic mass is 10.0. The summed E-state index contributed by atoms with van der Waals surface area (Å²) in [7, 11) is 1.52. The van der Waals surface area contributed by atoms with Gasteiger partial charge in [-0.15, -0.1) is 0 Å². The molecule has 0 saturated carbocycles. The molecule has 206 valence electrons. The number of hydrazone groups is 1. The molecule has 1 N–H and O–H groups in total. The molecule has 0 aromatic carbocycles. The first-order chi connectivity index (χ1) is 17.9. The third-order valence-electron chi connectivity index (χ3n) is 6.32. The fourth-order valence-corrected chi connectivity index (χ4v) is 4.59. The second kappa shape index (κ2) is 10.8. The Hall–Kier alpha value is -3.33. The van der Waals surface area contributed by atoms with Crippen LogP contribution in [0.25, 0.3) is 0 Å². The van der Waals surface area contributed by atoms with Crippen molar-refractivity contribution in [1.82, 2.24) is 15.3 Å². The van der Waals surface area contributed by atoms with Gasteiger partial charge in [0.2, 0.25) is 11.9 Å². The van der Waals surface area contributed by atoms with Gasteiger partial charge in [-0.1, -0.05) is 11.6 Å². The van der Waals surface area contributed by atoms with E-state index in [9.17, 15) is 31.9 Å². The number of piperazine rings is 1. The zero-order valence-electron chi connectivity index (χ0n) is 20.3. The molecule has 38 heavy (non-hydrogen) atoms. The molecule has 4 heterocycles. The van der Waals surface area contributed by atoms with Gasteiger partial charge in [0, 0.05) is 20.1 Å². The third-order valence-corrected chi connectivity index (χ3v) is 6.59. The van der Waals surface area contributed by atoms with Crippen LogP contribution >= 0.6 is 11.6 Å². The van der Waals surface area contributed by atoms with Gasteiger partial charge in [-0.25, -0.2) is 5.43 Å². The van der Waals surface area contributed by atoms with E-state index >= 15 is 0 Å². The van der Waals surface area contributed by atoms with Crippen molar-refractivity contribution in [2.24, 2.45) is 16.0 Å². The van der Waals surface area contributed by atoms with Gasteiger partial charge in [-0.3, -0.25) is 19.4 Å². The maximum absolute atomic E-state index is 14.0. The first kappa shape index (κ1) is 27.7. The van der Waals surface area contributed by atoms with Crippen molar-refractivity contribution >= 4 is 52.8 Å². The minimum atomic E-state index is -4.82. The summed E-state index contributed by atoms with van der Waals surface area (Å²) in [6.07, 6.45) is -4.01. The molecule has 3 aliphatic rings. The molecule has 1 saturated heterocycles. The molecular weight excluding hydrogens is 538 g/mol. The van der Waals surface area contributed by atoms with E-state index in [0.717, 1.165) is 6.21 Å². The number of ether oxygens (including phenoxy) is 1. The Balaban J connectivity index is 1.30. The van der Waals surface area contributed by atoms with E-state index in [1.165, 1.54) is 29.8 Å². The molecule has 1 aromatic rings. The number of carbonyl (C=O) groups excluding carboxylic acids is 3. The molecule has 0 spiro atoms. The second-order valence-corrected chi connectivity index (χ2v) is 9.39. The standard InChI is InChI=1S/C22H24ClF4N7O4/c1-11(29-13-8-28-31-20(36)17(13)22(25,26)27)10-38-6-3-16(35)33-4-5-34-15(9-33)21(37)32(2)14-7-12(23)18(24)30-19(14)34/h7-8,11,15,17H,3-6,9-10H2,1-2H3,(H,31,36)/t11-,15+,17?/m0/s1. The maximum Gasteiger partial charge on any atom is 0.406 e. The zero-order valence-corrected chi connectivity index (χ0v) is 21.1. The lowest BCUT2D eigenvalue weighted by Crippen LogP contribution is -2.63. The molecular formula is C22H24ClF4N7O4. The summed E-state index contributed by atoms with van der Waals surface area (Å²) < 4.78 is 59.0. The number of alkyl halides is 3. The number of carbonyl (C=O) groups is 3. The highest BCUT2D eigenvalue weighted by molar-refractivity contribution is 6.37. The van der Waals surface area contributed by atoms with Gasteiger partial charge in [-0.05, 0) is 13.0 Å². The van der Waals surface area contributed by atoms with Gasteiger partial charge in [0.05, 0.1) is 54.9 Å². The van der Waals surface area contributed by atoms with Crippen molar-refractivity contribution in [3.8, 4) is 0 Å². The summed E-state index contributed by atoms with van der Waals surface area (Å²) in [6, 6.07) is -0.138. The average molecular weight is 562 g/mol. The average Bonchev–Trinajstić information content (AvgIpc) is 2.85. The Morgan fingerprint density at radius 1 is 1.34 bits per heavy atom. The Bertz CT molecular complexity index is 1190. The van der Waals surface area contributed by atoms with Crippen LogP contribution in [-0.2, 0) is 19.1 Å². The van der Waals surface area contributed by atoms with Crippen LogP contribution in [0.5, 0.6) is 0 Å². The molecule has 0 bridgehead atoms. The van der Waals surface area contributed by atoms with Gasteiger partial charge in [-0.2, -0.15) is 27.6 Å². The summed E-state index contributed by atoms with van der Waals surface area (Å²) in [5.41, 5.74) is 1.63. The Kier molecular flexibility index (Phi) is 7.88. The first-order valence-corrected chi connectivity index (χ1v) is 12.0. The number of hydrogen-bond donors (Lipinski definition) is 1. The summed E-state index contributed by atoms with van der Waals surface area (Å²) >= 11 is 5.82. The van der Waals surface area contributed by atoms with Crippen molar-refractivity contribution in [2.45, 2.75) is 31.6 Å². The molecule has 16 heteroatoms. The van der Waals surface area contributed by atoms with Gasteiger partial charge in [0.25, 0.3) is 11.8 Å². The summed E-state index contributed by atoms with van der Waals surface area (Å²) in [6.45, 7) is 1.97. The molecule has 3 atom stereocenters. The highest BCUT2D eigenvalue weighted by Gasteiger charge is 2.49. The van der Waals surface area contributed by atoms with Crippen LogP contribution in [0.15, 0.2) is 16.2 Å². The fraction of sp³-hybridized carbons (Fsp3) is 0.545. The molecule has 4 rings (SSSR count). The summed E-state index contributed by atoms with van der Waals surface area (Å²) in [5.74, 6) is -4.88. The van der Waals surface area contributed by atoms with Gasteiger partial charge >= 0.3 is 6.18 Å². The number of fused-ring (bicyclic) bond motifs is 3. The van der Waals surface area contributed by atoms with E-state index in [1.54, 1.807) is 10.3 Å². The number of nitrogens with one attached hydrogen (secondary N) is 1. The quantitative estimate of drug-likeness (QED) is 0.318. The number of amides is 3.